The highest BCUT2D eigenvalue weighted by Gasteiger charge is 2.39. The molecular weight excluding hydrogens is 370 g/mol. The molecule has 1 aromatic heterocycles. The van der Waals surface area contributed by atoms with E-state index in [0.717, 1.165) is 45.1 Å². The third-order valence-corrected chi connectivity index (χ3v) is 6.32. The largest absolute Gasteiger partial charge is 0.457 e. The van der Waals surface area contributed by atoms with Crippen LogP contribution in [0.4, 0.5) is 0 Å². The van der Waals surface area contributed by atoms with Crippen LogP contribution in [0.15, 0.2) is 65.0 Å². The van der Waals surface area contributed by atoms with Gasteiger partial charge in [0.05, 0.1) is 11.5 Å². The minimum absolute atomic E-state index is 0.130. The van der Waals surface area contributed by atoms with Crippen molar-refractivity contribution in [3.8, 4) is 0 Å². The third-order valence-electron chi connectivity index (χ3n) is 5.25. The second-order valence-electron chi connectivity index (χ2n) is 7.28. The highest BCUT2D eigenvalue weighted by molar-refractivity contribution is 7.12. The Morgan fingerprint density at radius 1 is 1.14 bits per heavy atom. The number of Topliss-reactive ketones (excluding diaryl/α,β-unsaturated/α-hetero) is 1. The van der Waals surface area contributed by atoms with Crippen molar-refractivity contribution in [2.45, 2.75) is 45.6 Å². The molecular formula is C23H23NO3S. The van der Waals surface area contributed by atoms with E-state index < -0.39 is 0 Å². The van der Waals surface area contributed by atoms with Gasteiger partial charge in [-0.25, -0.2) is 4.79 Å². The molecule has 2 aromatic rings. The normalized spacial score (nSPS) is 19.4. The summed E-state index contributed by atoms with van der Waals surface area (Å²) in [6.45, 7) is 4.15. The Morgan fingerprint density at radius 2 is 1.93 bits per heavy atom. The molecule has 1 aliphatic carbocycles. The average Bonchev–Trinajstić information content (AvgIpc) is 3.12. The molecule has 4 rings (SSSR count). The van der Waals surface area contributed by atoms with Crippen LogP contribution in [0.5, 0.6) is 0 Å². The molecule has 0 saturated carbocycles. The lowest BCUT2D eigenvalue weighted by molar-refractivity contribution is -0.140. The number of nitrogens with one attached hydrogen (secondary N) is 1. The molecule has 144 valence electrons. The molecule has 4 nitrogen and oxygen atoms in total. The molecule has 5 heteroatoms. The Hall–Kier alpha value is -2.66. The number of rotatable bonds is 4. The number of carbonyl (C=O) groups excluding carboxylic acids is 2. The number of aryl methyl sites for hydroxylation is 1. The molecule has 1 aliphatic heterocycles. The van der Waals surface area contributed by atoms with Crippen LogP contribution in [0.1, 0.15) is 47.4 Å². The predicted octanol–water partition coefficient (Wildman–Crippen LogP) is 4.77. The van der Waals surface area contributed by atoms with Crippen molar-refractivity contribution < 1.29 is 14.3 Å². The van der Waals surface area contributed by atoms with E-state index in [0.29, 0.717) is 12.0 Å². The van der Waals surface area contributed by atoms with E-state index in [4.69, 9.17) is 4.74 Å². The average molecular weight is 394 g/mol. The summed E-state index contributed by atoms with van der Waals surface area (Å²) in [7, 11) is 0. The summed E-state index contributed by atoms with van der Waals surface area (Å²) in [4.78, 5) is 28.1. The highest BCUT2D eigenvalue weighted by Crippen LogP contribution is 2.44. The van der Waals surface area contributed by atoms with Crippen LogP contribution in [0, 0.1) is 6.92 Å². The minimum atomic E-state index is -0.366. The minimum Gasteiger partial charge on any atom is -0.457 e. The lowest BCUT2D eigenvalue weighted by Gasteiger charge is -2.33. The van der Waals surface area contributed by atoms with E-state index in [1.54, 1.807) is 11.3 Å². The molecule has 1 N–H and O–H groups in total. The number of ketones is 1. The van der Waals surface area contributed by atoms with Crippen LogP contribution in [0.2, 0.25) is 0 Å². The van der Waals surface area contributed by atoms with Gasteiger partial charge in [-0.1, -0.05) is 30.3 Å². The maximum absolute atomic E-state index is 13.1. The summed E-state index contributed by atoms with van der Waals surface area (Å²) < 4.78 is 5.65. The molecule has 1 atom stereocenters. The van der Waals surface area contributed by atoms with Crippen LogP contribution in [-0.4, -0.2) is 11.8 Å². The fourth-order valence-electron chi connectivity index (χ4n) is 3.95. The molecule has 0 amide bonds. The second kappa shape index (κ2) is 7.76. The number of benzene rings is 1. The highest BCUT2D eigenvalue weighted by atomic mass is 32.1. The molecule has 0 radical (unpaired) electrons. The monoisotopic (exact) mass is 393 g/mol. The Kier molecular flexibility index (Phi) is 5.18. The van der Waals surface area contributed by atoms with E-state index in [2.05, 4.69) is 5.32 Å². The van der Waals surface area contributed by atoms with Gasteiger partial charge < -0.3 is 10.1 Å². The Labute approximate surface area is 168 Å². The van der Waals surface area contributed by atoms with Crippen molar-refractivity contribution in [3.05, 3.63) is 80.3 Å². The maximum Gasteiger partial charge on any atom is 0.337 e. The number of esters is 1. The van der Waals surface area contributed by atoms with Gasteiger partial charge in [0.1, 0.15) is 6.61 Å². The summed E-state index contributed by atoms with van der Waals surface area (Å²) in [5.41, 5.74) is 3.97. The van der Waals surface area contributed by atoms with Gasteiger partial charge in [-0.3, -0.25) is 4.79 Å². The van der Waals surface area contributed by atoms with Crippen LogP contribution < -0.4 is 5.32 Å². The van der Waals surface area contributed by atoms with Crippen LogP contribution in [0.25, 0.3) is 0 Å². The fraction of sp³-hybridized carbons (Fsp3) is 0.304. The van der Waals surface area contributed by atoms with Crippen molar-refractivity contribution >= 4 is 23.1 Å². The van der Waals surface area contributed by atoms with E-state index in [-0.39, 0.29) is 24.3 Å². The SMILES string of the molecule is CC1=C(C(=O)OCc2ccccc2)C(c2ccc(C)s2)C2=C(CCCC2=O)N1. The van der Waals surface area contributed by atoms with Crippen LogP contribution in [-0.2, 0) is 20.9 Å². The summed E-state index contributed by atoms with van der Waals surface area (Å²) in [6.07, 6.45) is 2.22. The first-order valence-electron chi connectivity index (χ1n) is 9.56. The molecule has 0 spiro atoms. The third kappa shape index (κ3) is 3.54. The topological polar surface area (TPSA) is 55.4 Å². The molecule has 0 saturated heterocycles. The lowest BCUT2D eigenvalue weighted by Crippen LogP contribution is -2.34. The van der Waals surface area contributed by atoms with Gasteiger partial charge >= 0.3 is 5.97 Å². The number of carbonyl (C=O) groups is 2. The van der Waals surface area contributed by atoms with Crippen molar-refractivity contribution in [1.29, 1.82) is 0 Å². The number of dihydropyridines is 1. The smallest absolute Gasteiger partial charge is 0.337 e. The summed E-state index contributed by atoms with van der Waals surface area (Å²) in [5, 5.41) is 3.33. The van der Waals surface area contributed by atoms with Crippen LogP contribution >= 0.6 is 11.3 Å². The molecule has 0 bridgehead atoms. The first-order chi connectivity index (χ1) is 13.5. The number of thiophene rings is 1. The zero-order valence-electron chi connectivity index (χ0n) is 16.1. The standard InChI is InChI=1S/C23H23NO3S/c1-14-11-12-19(28-14)22-20(23(26)27-13-16-7-4-3-5-8-16)15(2)24-17-9-6-10-18(25)21(17)22/h3-5,7-8,11-12,22,24H,6,9-10,13H2,1-2H3. The van der Waals surface area contributed by atoms with Crippen LogP contribution in [0.3, 0.4) is 0 Å². The van der Waals surface area contributed by atoms with Crippen molar-refractivity contribution in [2.75, 3.05) is 0 Å². The number of hydrogen-bond acceptors (Lipinski definition) is 5. The Balaban J connectivity index is 1.69. The quantitative estimate of drug-likeness (QED) is 0.761. The lowest BCUT2D eigenvalue weighted by atomic mass is 9.78. The van der Waals surface area contributed by atoms with Gasteiger partial charge in [0, 0.05) is 33.1 Å². The van der Waals surface area contributed by atoms with Crippen molar-refractivity contribution in [2.24, 2.45) is 0 Å². The predicted molar refractivity (Wildman–Crippen MR) is 110 cm³/mol. The van der Waals surface area contributed by atoms with Gasteiger partial charge in [0.2, 0.25) is 0 Å². The van der Waals surface area contributed by atoms with Crippen molar-refractivity contribution in [1.82, 2.24) is 5.32 Å². The number of ether oxygens (including phenoxy) is 1. The molecule has 1 unspecified atom stereocenters. The molecule has 0 fully saturated rings. The zero-order chi connectivity index (χ0) is 19.7. The molecule has 28 heavy (non-hydrogen) atoms. The summed E-state index contributed by atoms with van der Waals surface area (Å²) >= 11 is 1.63. The Morgan fingerprint density at radius 3 is 2.64 bits per heavy atom. The summed E-state index contributed by atoms with van der Waals surface area (Å²) in [6, 6.07) is 13.7. The molecule has 2 heterocycles. The number of hydrogen-bond donors (Lipinski definition) is 1. The number of allylic oxidation sites excluding steroid dienone is 3. The molecule has 2 aliphatic rings. The summed E-state index contributed by atoms with van der Waals surface area (Å²) in [5.74, 6) is -0.577. The van der Waals surface area contributed by atoms with E-state index >= 15 is 0 Å². The zero-order valence-corrected chi connectivity index (χ0v) is 16.9. The Bertz CT molecular complexity index is 984. The van der Waals surface area contributed by atoms with Gasteiger partial charge in [-0.05, 0) is 44.4 Å². The second-order valence-corrected chi connectivity index (χ2v) is 8.60. The van der Waals surface area contributed by atoms with Crippen molar-refractivity contribution in [3.63, 3.8) is 0 Å². The maximum atomic E-state index is 13.1. The van der Waals surface area contributed by atoms with E-state index in [1.807, 2.05) is 56.3 Å². The van der Waals surface area contributed by atoms with E-state index in [9.17, 15) is 9.59 Å². The fourth-order valence-corrected chi connectivity index (χ4v) is 4.95. The van der Waals surface area contributed by atoms with E-state index in [1.165, 1.54) is 0 Å². The van der Waals surface area contributed by atoms with Gasteiger partial charge in [-0.15, -0.1) is 11.3 Å². The van der Waals surface area contributed by atoms with Gasteiger partial charge in [-0.2, -0.15) is 0 Å². The molecule has 1 aromatic carbocycles. The first-order valence-corrected chi connectivity index (χ1v) is 10.4. The van der Waals surface area contributed by atoms with Gasteiger partial charge in [0.15, 0.2) is 5.78 Å². The van der Waals surface area contributed by atoms with Gasteiger partial charge in [0.25, 0.3) is 0 Å². The first kappa shape index (κ1) is 18.7.